The van der Waals surface area contributed by atoms with Gasteiger partial charge in [0.1, 0.15) is 11.8 Å². The second-order valence-corrected chi connectivity index (χ2v) is 7.10. The van der Waals surface area contributed by atoms with Gasteiger partial charge in [-0.3, -0.25) is 4.79 Å². The van der Waals surface area contributed by atoms with Crippen LogP contribution in [0.5, 0.6) is 5.75 Å². The van der Waals surface area contributed by atoms with Crippen LogP contribution in [-0.2, 0) is 4.79 Å². The molecule has 2 heterocycles. The van der Waals surface area contributed by atoms with Crippen LogP contribution in [0, 0.1) is 0 Å². The van der Waals surface area contributed by atoms with Crippen molar-refractivity contribution in [1.29, 1.82) is 0 Å². The molecule has 2 aromatic carbocycles. The Bertz CT molecular complexity index is 1130. The first-order valence-corrected chi connectivity index (χ1v) is 9.40. The highest BCUT2D eigenvalue weighted by Gasteiger charge is 2.35. The Kier molecular flexibility index (Phi) is 5.12. The highest BCUT2D eigenvalue weighted by atomic mass is 35.5. The molecule has 0 radical (unpaired) electrons. The molecule has 1 amide bonds. The molecule has 2 N–H and O–H groups in total. The lowest BCUT2D eigenvalue weighted by Crippen LogP contribution is -2.31. The molecule has 3 aromatic rings. The van der Waals surface area contributed by atoms with Crippen molar-refractivity contribution in [3.63, 3.8) is 0 Å². The summed E-state index contributed by atoms with van der Waals surface area (Å²) in [5, 5.41) is 18.4. The number of halogens is 2. The number of methoxy groups -OCH3 is 1. The predicted octanol–water partition coefficient (Wildman–Crippen LogP) is 3.92. The van der Waals surface area contributed by atoms with Crippen molar-refractivity contribution < 1.29 is 9.53 Å². The number of carbonyl (C=O) groups excluding carboxylic acids is 1. The first-order chi connectivity index (χ1) is 14.0. The molecule has 1 atom stereocenters. The lowest BCUT2D eigenvalue weighted by atomic mass is 9.95. The molecule has 0 bridgehead atoms. The molecule has 29 heavy (non-hydrogen) atoms. The number of hydrogen-bond acceptors (Lipinski definition) is 6. The van der Waals surface area contributed by atoms with Crippen LogP contribution in [0.15, 0.2) is 53.7 Å². The molecular weight excluding hydrogens is 415 g/mol. The van der Waals surface area contributed by atoms with Gasteiger partial charge in [-0.15, -0.1) is 0 Å². The van der Waals surface area contributed by atoms with Gasteiger partial charge >= 0.3 is 0 Å². The van der Waals surface area contributed by atoms with E-state index in [0.29, 0.717) is 44.3 Å². The number of fused-ring (bicyclic) bond motifs is 1. The number of ether oxygens (including phenoxy) is 1. The summed E-state index contributed by atoms with van der Waals surface area (Å²) >= 11 is 12.7. The quantitative estimate of drug-likeness (QED) is 0.651. The molecule has 1 aliphatic heterocycles. The van der Waals surface area contributed by atoms with Crippen molar-refractivity contribution in [3.05, 3.63) is 69.3 Å². The van der Waals surface area contributed by atoms with Crippen molar-refractivity contribution in [3.8, 4) is 5.75 Å². The molecule has 8 nitrogen and oxygen atoms in total. The minimum Gasteiger partial charge on any atom is -0.495 e. The summed E-state index contributed by atoms with van der Waals surface area (Å²) in [6.07, 6.45) is 0. The smallest absolute Gasteiger partial charge is 0.255 e. The lowest BCUT2D eigenvalue weighted by Gasteiger charge is -2.28. The Morgan fingerprint density at radius 1 is 1.21 bits per heavy atom. The Hall–Kier alpha value is -3.10. The maximum atomic E-state index is 13.3. The zero-order chi connectivity index (χ0) is 20.5. The van der Waals surface area contributed by atoms with Crippen molar-refractivity contribution in [1.82, 2.24) is 20.2 Å². The normalized spacial score (nSPS) is 15.5. The molecule has 148 valence electrons. The molecule has 0 aliphatic carbocycles. The summed E-state index contributed by atoms with van der Waals surface area (Å²) in [6.45, 7) is 1.78. The van der Waals surface area contributed by atoms with Gasteiger partial charge in [-0.2, -0.15) is 4.68 Å². The van der Waals surface area contributed by atoms with Gasteiger partial charge in [0.15, 0.2) is 0 Å². The Labute approximate surface area is 176 Å². The highest BCUT2D eigenvalue weighted by Crippen LogP contribution is 2.40. The molecule has 0 saturated heterocycles. The molecule has 1 aromatic heterocycles. The van der Waals surface area contributed by atoms with E-state index in [1.54, 1.807) is 44.4 Å². The molecule has 10 heteroatoms. The number of tetrazole rings is 1. The largest absolute Gasteiger partial charge is 0.495 e. The summed E-state index contributed by atoms with van der Waals surface area (Å²) in [5.41, 5.74) is 2.15. The molecular formula is C19H16Cl2N6O2. The van der Waals surface area contributed by atoms with Gasteiger partial charge in [0.05, 0.1) is 28.4 Å². The number of nitrogens with one attached hydrogen (secondary N) is 2. The third kappa shape index (κ3) is 3.41. The topological polar surface area (TPSA) is 94.0 Å². The molecule has 4 rings (SSSR count). The van der Waals surface area contributed by atoms with Crippen LogP contribution in [0.4, 0.5) is 11.6 Å². The second kappa shape index (κ2) is 7.73. The van der Waals surface area contributed by atoms with Crippen LogP contribution < -0.4 is 15.4 Å². The Morgan fingerprint density at radius 2 is 2.00 bits per heavy atom. The van der Waals surface area contributed by atoms with Crippen molar-refractivity contribution in [2.75, 3.05) is 17.7 Å². The summed E-state index contributed by atoms with van der Waals surface area (Å²) < 4.78 is 6.83. The predicted molar refractivity (Wildman–Crippen MR) is 110 cm³/mol. The Morgan fingerprint density at radius 3 is 2.79 bits per heavy atom. The van der Waals surface area contributed by atoms with Crippen LogP contribution in [0.25, 0.3) is 0 Å². The number of benzene rings is 2. The fourth-order valence-corrected chi connectivity index (χ4v) is 3.67. The van der Waals surface area contributed by atoms with Crippen LogP contribution in [0.3, 0.4) is 0 Å². The SMILES string of the molecule is COc1ccccc1NC(=O)C1=C(C)Nc2nnnn2C1c1cccc(Cl)c1Cl. The minimum atomic E-state index is -0.665. The number of amides is 1. The van der Waals surface area contributed by atoms with Gasteiger partial charge in [-0.05, 0) is 35.5 Å². The monoisotopic (exact) mass is 430 g/mol. The number of rotatable bonds is 4. The van der Waals surface area contributed by atoms with E-state index in [0.717, 1.165) is 0 Å². The van der Waals surface area contributed by atoms with E-state index in [1.165, 1.54) is 4.68 Å². The van der Waals surface area contributed by atoms with E-state index < -0.39 is 6.04 Å². The Balaban J connectivity index is 1.81. The molecule has 0 fully saturated rings. The summed E-state index contributed by atoms with van der Waals surface area (Å²) in [7, 11) is 1.54. The van der Waals surface area contributed by atoms with E-state index in [4.69, 9.17) is 27.9 Å². The average molecular weight is 431 g/mol. The van der Waals surface area contributed by atoms with Gasteiger partial charge in [-0.1, -0.05) is 52.6 Å². The highest BCUT2D eigenvalue weighted by molar-refractivity contribution is 6.42. The van der Waals surface area contributed by atoms with Crippen LogP contribution in [-0.4, -0.2) is 33.2 Å². The number of hydrogen-bond donors (Lipinski definition) is 2. The second-order valence-electron chi connectivity index (χ2n) is 6.31. The fourth-order valence-electron chi connectivity index (χ4n) is 3.26. The molecule has 1 aliphatic rings. The molecule has 1 unspecified atom stereocenters. The number of allylic oxidation sites excluding steroid dienone is 1. The van der Waals surface area contributed by atoms with Crippen LogP contribution >= 0.6 is 23.2 Å². The van der Waals surface area contributed by atoms with Crippen molar-refractivity contribution in [2.45, 2.75) is 13.0 Å². The first kappa shape index (κ1) is 19.2. The fraction of sp³-hybridized carbons (Fsp3) is 0.158. The average Bonchev–Trinajstić information content (AvgIpc) is 3.17. The molecule has 0 spiro atoms. The van der Waals surface area contributed by atoms with Gasteiger partial charge < -0.3 is 15.4 Å². The van der Waals surface area contributed by atoms with E-state index in [9.17, 15) is 4.79 Å². The number of para-hydroxylation sites is 2. The van der Waals surface area contributed by atoms with Gasteiger partial charge in [0, 0.05) is 11.3 Å². The first-order valence-electron chi connectivity index (χ1n) is 8.65. The van der Waals surface area contributed by atoms with E-state index >= 15 is 0 Å². The van der Waals surface area contributed by atoms with Crippen molar-refractivity contribution in [2.24, 2.45) is 0 Å². The van der Waals surface area contributed by atoms with E-state index in [1.807, 2.05) is 12.1 Å². The maximum Gasteiger partial charge on any atom is 0.255 e. The third-order valence-electron chi connectivity index (χ3n) is 4.59. The number of carbonyl (C=O) groups is 1. The zero-order valence-corrected chi connectivity index (χ0v) is 17.0. The van der Waals surface area contributed by atoms with Crippen molar-refractivity contribution >= 4 is 40.7 Å². The van der Waals surface area contributed by atoms with Gasteiger partial charge in [0.25, 0.3) is 5.91 Å². The standard InChI is InChI=1S/C19H16Cl2N6O2/c1-10-15(18(28)23-13-8-3-4-9-14(13)29-2)17(27-19(22-10)24-25-26-27)11-6-5-7-12(20)16(11)21/h3-9,17H,1-2H3,(H,23,28)(H,22,24,26). The maximum absolute atomic E-state index is 13.3. The third-order valence-corrected chi connectivity index (χ3v) is 5.42. The van der Waals surface area contributed by atoms with Crippen LogP contribution in [0.2, 0.25) is 10.0 Å². The summed E-state index contributed by atoms with van der Waals surface area (Å²) in [5.74, 6) is 0.599. The zero-order valence-electron chi connectivity index (χ0n) is 15.5. The van der Waals surface area contributed by atoms with Crippen LogP contribution in [0.1, 0.15) is 18.5 Å². The lowest BCUT2D eigenvalue weighted by molar-refractivity contribution is -0.113. The van der Waals surface area contributed by atoms with E-state index in [-0.39, 0.29) is 5.91 Å². The van der Waals surface area contributed by atoms with Gasteiger partial charge in [0.2, 0.25) is 5.95 Å². The molecule has 0 saturated carbocycles. The number of nitrogens with zero attached hydrogens (tertiary/aromatic N) is 4. The van der Waals surface area contributed by atoms with Gasteiger partial charge in [-0.25, -0.2) is 0 Å². The summed E-state index contributed by atoms with van der Waals surface area (Å²) in [6, 6.07) is 11.7. The minimum absolute atomic E-state index is 0.331. The number of aromatic nitrogens is 4. The number of anilines is 2. The summed E-state index contributed by atoms with van der Waals surface area (Å²) in [4.78, 5) is 13.3. The van der Waals surface area contributed by atoms with E-state index in [2.05, 4.69) is 26.2 Å².